The van der Waals surface area contributed by atoms with Gasteiger partial charge in [0.05, 0.1) is 29.1 Å². The van der Waals surface area contributed by atoms with E-state index in [2.05, 4.69) is 12.2 Å². The van der Waals surface area contributed by atoms with E-state index < -0.39 is 0 Å². The van der Waals surface area contributed by atoms with Gasteiger partial charge in [0.2, 0.25) is 5.91 Å². The molecule has 2 aromatic carbocycles. The predicted molar refractivity (Wildman–Crippen MR) is 126 cm³/mol. The molecule has 4 rings (SSSR count). The minimum atomic E-state index is -0.141. The SMILES string of the molecule is COc1ccc(-n2c(SCC(=O)Nc3ccccc3C)nc3c(c2=O)SC(C)C3)cc1. The number of thioether (sulfide) groups is 2. The van der Waals surface area contributed by atoms with Gasteiger partial charge in [-0.15, -0.1) is 11.8 Å². The monoisotopic (exact) mass is 453 g/mol. The zero-order valence-electron chi connectivity index (χ0n) is 17.5. The van der Waals surface area contributed by atoms with Crippen LogP contribution in [0.3, 0.4) is 0 Å². The number of aromatic nitrogens is 2. The van der Waals surface area contributed by atoms with Crippen LogP contribution < -0.4 is 15.6 Å². The summed E-state index contributed by atoms with van der Waals surface area (Å²) in [7, 11) is 1.60. The molecule has 0 saturated carbocycles. The summed E-state index contributed by atoms with van der Waals surface area (Å²) < 4.78 is 6.83. The van der Waals surface area contributed by atoms with Crippen LogP contribution in [-0.2, 0) is 11.2 Å². The highest BCUT2D eigenvalue weighted by atomic mass is 32.2. The first-order chi connectivity index (χ1) is 15.0. The van der Waals surface area contributed by atoms with Crippen molar-refractivity contribution in [3.63, 3.8) is 0 Å². The summed E-state index contributed by atoms with van der Waals surface area (Å²) in [6.45, 7) is 4.04. The summed E-state index contributed by atoms with van der Waals surface area (Å²) in [6.07, 6.45) is 0.752. The van der Waals surface area contributed by atoms with Gasteiger partial charge >= 0.3 is 0 Å². The third kappa shape index (κ3) is 4.65. The summed E-state index contributed by atoms with van der Waals surface area (Å²) in [6, 6.07) is 14.9. The highest BCUT2D eigenvalue weighted by Gasteiger charge is 2.27. The fraction of sp³-hybridized carbons (Fsp3) is 0.261. The lowest BCUT2D eigenvalue weighted by Gasteiger charge is -2.14. The van der Waals surface area contributed by atoms with Crippen LogP contribution in [0, 0.1) is 6.92 Å². The summed E-state index contributed by atoms with van der Waals surface area (Å²) >= 11 is 2.83. The molecule has 0 spiro atoms. The first kappa shape index (κ1) is 21.5. The van der Waals surface area contributed by atoms with Gasteiger partial charge < -0.3 is 10.1 Å². The lowest BCUT2D eigenvalue weighted by atomic mass is 10.2. The van der Waals surface area contributed by atoms with E-state index >= 15 is 0 Å². The van der Waals surface area contributed by atoms with Gasteiger partial charge in [-0.1, -0.05) is 36.9 Å². The van der Waals surface area contributed by atoms with Crippen LogP contribution in [0.5, 0.6) is 5.75 Å². The molecule has 1 N–H and O–H groups in total. The first-order valence-electron chi connectivity index (χ1n) is 9.91. The number of ether oxygens (including phenoxy) is 1. The normalized spacial score (nSPS) is 14.9. The maximum atomic E-state index is 13.3. The van der Waals surface area contributed by atoms with Gasteiger partial charge in [0.25, 0.3) is 5.56 Å². The molecule has 1 aliphatic heterocycles. The number of para-hydroxylation sites is 1. The molecule has 31 heavy (non-hydrogen) atoms. The number of hydrogen-bond donors (Lipinski definition) is 1. The number of benzene rings is 2. The molecule has 0 radical (unpaired) electrons. The Labute approximate surface area is 189 Å². The molecule has 0 bridgehead atoms. The second-order valence-electron chi connectivity index (χ2n) is 7.29. The number of hydrogen-bond acceptors (Lipinski definition) is 6. The number of nitrogens with one attached hydrogen (secondary N) is 1. The van der Waals surface area contributed by atoms with Gasteiger partial charge in [-0.05, 0) is 42.8 Å². The highest BCUT2D eigenvalue weighted by molar-refractivity contribution is 8.00. The van der Waals surface area contributed by atoms with Crippen molar-refractivity contribution in [2.45, 2.75) is 35.6 Å². The smallest absolute Gasteiger partial charge is 0.272 e. The number of nitrogens with zero attached hydrogens (tertiary/aromatic N) is 2. The minimum absolute atomic E-state index is 0.0914. The van der Waals surface area contributed by atoms with Crippen molar-refractivity contribution >= 4 is 35.1 Å². The molecule has 0 saturated heterocycles. The van der Waals surface area contributed by atoms with E-state index in [1.807, 2.05) is 55.5 Å². The molecular weight excluding hydrogens is 430 g/mol. The van der Waals surface area contributed by atoms with Gasteiger partial charge in [0.1, 0.15) is 5.75 Å². The minimum Gasteiger partial charge on any atom is -0.497 e. The molecule has 1 aromatic heterocycles. The molecule has 8 heteroatoms. The second-order valence-corrected chi connectivity index (χ2v) is 9.68. The van der Waals surface area contributed by atoms with Crippen LogP contribution in [0.4, 0.5) is 5.69 Å². The van der Waals surface area contributed by atoms with Crippen LogP contribution >= 0.6 is 23.5 Å². The molecule has 1 atom stereocenters. The topological polar surface area (TPSA) is 73.2 Å². The summed E-state index contributed by atoms with van der Waals surface area (Å²) in [5.41, 5.74) is 3.20. The Morgan fingerprint density at radius 2 is 2.00 bits per heavy atom. The molecule has 1 unspecified atom stereocenters. The zero-order valence-corrected chi connectivity index (χ0v) is 19.2. The lowest BCUT2D eigenvalue weighted by Crippen LogP contribution is -2.24. The number of carbonyl (C=O) groups excluding carboxylic acids is 1. The van der Waals surface area contributed by atoms with Crippen molar-refractivity contribution in [2.75, 3.05) is 18.2 Å². The van der Waals surface area contributed by atoms with Crippen molar-refractivity contribution in [1.82, 2.24) is 9.55 Å². The quantitative estimate of drug-likeness (QED) is 0.443. The molecule has 0 aliphatic carbocycles. The fourth-order valence-corrected chi connectivity index (χ4v) is 5.31. The Hall–Kier alpha value is -2.71. The van der Waals surface area contributed by atoms with Gasteiger partial charge in [-0.2, -0.15) is 0 Å². The number of methoxy groups -OCH3 is 1. The van der Waals surface area contributed by atoms with E-state index in [4.69, 9.17) is 9.72 Å². The molecule has 1 aliphatic rings. The van der Waals surface area contributed by atoms with Crippen molar-refractivity contribution in [1.29, 1.82) is 0 Å². The summed E-state index contributed by atoms with van der Waals surface area (Å²) in [4.78, 5) is 31.4. The second kappa shape index (κ2) is 9.20. The third-order valence-electron chi connectivity index (χ3n) is 4.96. The number of rotatable bonds is 6. The van der Waals surface area contributed by atoms with Crippen molar-refractivity contribution in [3.05, 3.63) is 70.1 Å². The lowest BCUT2D eigenvalue weighted by molar-refractivity contribution is -0.113. The van der Waals surface area contributed by atoms with E-state index in [0.717, 1.165) is 23.4 Å². The van der Waals surface area contributed by atoms with Crippen molar-refractivity contribution in [2.24, 2.45) is 0 Å². The number of amides is 1. The average molecular weight is 454 g/mol. The van der Waals surface area contributed by atoms with Gasteiger partial charge in [0.15, 0.2) is 5.16 Å². The average Bonchev–Trinajstić information content (AvgIpc) is 3.15. The Morgan fingerprint density at radius 3 is 2.71 bits per heavy atom. The number of anilines is 1. The van der Waals surface area contributed by atoms with Crippen LogP contribution in [0.15, 0.2) is 63.4 Å². The Bertz CT molecular complexity index is 1180. The molecule has 2 heterocycles. The Kier molecular flexibility index (Phi) is 6.38. The largest absolute Gasteiger partial charge is 0.497 e. The molecular formula is C23H23N3O3S2. The Morgan fingerprint density at radius 1 is 1.26 bits per heavy atom. The van der Waals surface area contributed by atoms with E-state index in [9.17, 15) is 9.59 Å². The van der Waals surface area contributed by atoms with Crippen molar-refractivity contribution < 1.29 is 9.53 Å². The van der Waals surface area contributed by atoms with Crippen LogP contribution in [0.25, 0.3) is 5.69 Å². The predicted octanol–water partition coefficient (Wildman–Crippen LogP) is 4.32. The maximum absolute atomic E-state index is 13.3. The highest BCUT2D eigenvalue weighted by Crippen LogP contribution is 2.35. The number of carbonyl (C=O) groups is 1. The van der Waals surface area contributed by atoms with Crippen molar-refractivity contribution in [3.8, 4) is 11.4 Å². The fourth-order valence-electron chi connectivity index (χ4n) is 3.39. The van der Waals surface area contributed by atoms with Gasteiger partial charge in [-0.25, -0.2) is 4.98 Å². The standard InChI is InChI=1S/C23H23N3O3S2/c1-14-6-4-5-7-18(14)24-20(27)13-30-23-25-19-12-15(2)31-21(19)22(28)26(23)16-8-10-17(29-3)11-9-16/h4-11,15H,12-13H2,1-3H3,(H,24,27). The molecule has 160 valence electrons. The van der Waals surface area contributed by atoms with Crippen LogP contribution in [0.1, 0.15) is 18.2 Å². The number of aryl methyl sites for hydroxylation is 1. The number of fused-ring (bicyclic) bond motifs is 1. The van der Waals surface area contributed by atoms with Crippen LogP contribution in [-0.4, -0.2) is 33.6 Å². The van der Waals surface area contributed by atoms with E-state index in [1.54, 1.807) is 23.4 Å². The summed E-state index contributed by atoms with van der Waals surface area (Å²) in [5.74, 6) is 0.720. The molecule has 3 aromatic rings. The third-order valence-corrected chi connectivity index (χ3v) is 7.12. The van der Waals surface area contributed by atoms with E-state index in [-0.39, 0.29) is 17.2 Å². The van der Waals surface area contributed by atoms with Gasteiger partial charge in [-0.3, -0.25) is 14.2 Å². The molecule has 1 amide bonds. The molecule has 0 fully saturated rings. The first-order valence-corrected chi connectivity index (χ1v) is 11.8. The molecule has 6 nitrogen and oxygen atoms in total. The van der Waals surface area contributed by atoms with Crippen LogP contribution in [0.2, 0.25) is 0 Å². The zero-order chi connectivity index (χ0) is 22.0. The van der Waals surface area contributed by atoms with E-state index in [0.29, 0.717) is 26.7 Å². The Balaban J connectivity index is 1.63. The van der Waals surface area contributed by atoms with Gasteiger partial charge in [0, 0.05) is 17.4 Å². The van der Waals surface area contributed by atoms with E-state index in [1.165, 1.54) is 11.8 Å². The maximum Gasteiger partial charge on any atom is 0.272 e. The summed E-state index contributed by atoms with van der Waals surface area (Å²) in [5, 5.41) is 3.76.